The molecule has 2 aliphatic heterocycles. The predicted molar refractivity (Wildman–Crippen MR) is 46.8 cm³/mol. The van der Waals surface area contributed by atoms with Gasteiger partial charge in [0.25, 0.3) is 0 Å². The molecule has 3 rings (SSSR count). The van der Waals surface area contributed by atoms with Gasteiger partial charge in [-0.1, -0.05) is 0 Å². The Labute approximate surface area is 94.1 Å². The van der Waals surface area contributed by atoms with Crippen LogP contribution in [0.25, 0.3) is 0 Å². The Kier molecular flexibility index (Phi) is 1.67. The average Bonchev–Trinajstić information content (AvgIpc) is 2.61. The van der Waals surface area contributed by atoms with Gasteiger partial charge < -0.3 is 16.7 Å². The first-order chi connectivity index (χ1) is 7.77. The first kappa shape index (κ1) is 10.4. The molecule has 92 valence electrons. The summed E-state index contributed by atoms with van der Waals surface area (Å²) in [6, 6.07) is 0.836. The Morgan fingerprint density at radius 2 is 1.24 bits per heavy atom. The summed E-state index contributed by atoms with van der Waals surface area (Å²) in [6.45, 7) is 0. The molecule has 1 aromatic carbocycles. The monoisotopic (exact) mass is 284 g/mol. The van der Waals surface area contributed by atoms with Crippen molar-refractivity contribution >= 4 is 20.8 Å². The molecule has 0 saturated heterocycles. The van der Waals surface area contributed by atoms with E-state index in [1.54, 1.807) is 0 Å². The normalized spacial score (nSPS) is 21.5. The minimum absolute atomic E-state index is 0.512. The van der Waals surface area contributed by atoms with Gasteiger partial charge in [-0.05, 0) is 0 Å². The van der Waals surface area contributed by atoms with Crippen molar-refractivity contribution < 1.29 is 38.0 Å². The van der Waals surface area contributed by atoms with Crippen molar-refractivity contribution in [2.45, 2.75) is 0 Å². The van der Waals surface area contributed by atoms with Gasteiger partial charge in [-0.25, -0.2) is 0 Å². The lowest BCUT2D eigenvalue weighted by Crippen LogP contribution is -2.09. The zero-order valence-electron chi connectivity index (χ0n) is 7.54. The molecule has 0 aromatic heterocycles. The second-order valence-electron chi connectivity index (χ2n) is 2.99. The van der Waals surface area contributed by atoms with Crippen molar-refractivity contribution in [3.8, 4) is 23.0 Å². The van der Waals surface area contributed by atoms with Crippen molar-refractivity contribution in [2.75, 3.05) is 0 Å². The SMILES string of the molecule is O=S1(=O)Oc2cc3c(c(F)c2O1)OS(=O)(=O)O3. The molecule has 0 bridgehead atoms. The van der Waals surface area contributed by atoms with Crippen LogP contribution in [0.3, 0.4) is 0 Å². The van der Waals surface area contributed by atoms with Gasteiger partial charge in [0.05, 0.1) is 0 Å². The maximum atomic E-state index is 13.6. The second kappa shape index (κ2) is 2.73. The highest BCUT2D eigenvalue weighted by Crippen LogP contribution is 2.50. The van der Waals surface area contributed by atoms with Gasteiger partial charge in [0.2, 0.25) is 17.3 Å². The van der Waals surface area contributed by atoms with Gasteiger partial charge in [-0.3, -0.25) is 0 Å². The zero-order chi connectivity index (χ0) is 12.4. The molecule has 0 N–H and O–H groups in total. The summed E-state index contributed by atoms with van der Waals surface area (Å²) in [5.41, 5.74) is 0. The van der Waals surface area contributed by atoms with E-state index in [0.29, 0.717) is 0 Å². The Balaban J connectivity index is 2.24. The number of benzene rings is 1. The summed E-state index contributed by atoms with van der Waals surface area (Å²) < 4.78 is 74.0. The van der Waals surface area contributed by atoms with E-state index in [9.17, 15) is 21.2 Å². The van der Waals surface area contributed by atoms with Crippen LogP contribution in [-0.2, 0) is 20.8 Å². The van der Waals surface area contributed by atoms with Crippen LogP contribution in [0.15, 0.2) is 6.07 Å². The fourth-order valence-electron chi connectivity index (χ4n) is 1.31. The third-order valence-corrected chi connectivity index (χ3v) is 3.37. The van der Waals surface area contributed by atoms with Crippen LogP contribution in [0.4, 0.5) is 4.39 Å². The lowest BCUT2D eigenvalue weighted by molar-refractivity contribution is 0.418. The minimum atomic E-state index is -4.37. The first-order valence-corrected chi connectivity index (χ1v) is 6.58. The summed E-state index contributed by atoms with van der Waals surface area (Å²) in [7, 11) is -8.75. The van der Waals surface area contributed by atoms with Gasteiger partial charge in [-0.15, -0.1) is 16.8 Å². The summed E-state index contributed by atoms with van der Waals surface area (Å²) >= 11 is 0. The topological polar surface area (TPSA) is 105 Å². The van der Waals surface area contributed by atoms with E-state index in [0.717, 1.165) is 6.07 Å². The molecule has 2 heterocycles. The molecular formula is C6HFO8S2. The Bertz CT molecular complexity index is 674. The highest BCUT2D eigenvalue weighted by atomic mass is 32.3. The number of fused-ring (bicyclic) bond motifs is 2. The van der Waals surface area contributed by atoms with E-state index >= 15 is 0 Å². The molecule has 0 spiro atoms. The molecule has 0 radical (unpaired) electrons. The lowest BCUT2D eigenvalue weighted by Gasteiger charge is -1.97. The molecule has 0 unspecified atom stereocenters. The highest BCUT2D eigenvalue weighted by Gasteiger charge is 2.41. The van der Waals surface area contributed by atoms with Gasteiger partial charge in [-0.2, -0.15) is 4.39 Å². The van der Waals surface area contributed by atoms with Gasteiger partial charge in [0, 0.05) is 6.07 Å². The van der Waals surface area contributed by atoms with Crippen LogP contribution in [0.2, 0.25) is 0 Å². The summed E-state index contributed by atoms with van der Waals surface area (Å²) in [6.07, 6.45) is 0. The maximum Gasteiger partial charge on any atom is 0.501 e. The maximum absolute atomic E-state index is 13.6. The molecule has 1 aromatic rings. The van der Waals surface area contributed by atoms with E-state index in [1.165, 1.54) is 0 Å². The van der Waals surface area contributed by atoms with E-state index in [-0.39, 0.29) is 0 Å². The van der Waals surface area contributed by atoms with Crippen LogP contribution in [0.5, 0.6) is 23.0 Å². The largest absolute Gasteiger partial charge is 0.501 e. The van der Waals surface area contributed by atoms with Crippen LogP contribution in [0.1, 0.15) is 0 Å². The molecule has 17 heavy (non-hydrogen) atoms. The summed E-state index contributed by atoms with van der Waals surface area (Å²) in [4.78, 5) is 0. The van der Waals surface area contributed by atoms with Crippen LogP contribution < -0.4 is 16.7 Å². The van der Waals surface area contributed by atoms with Crippen molar-refractivity contribution in [3.63, 3.8) is 0 Å². The minimum Gasteiger partial charge on any atom is -0.348 e. The number of hydrogen-bond donors (Lipinski definition) is 0. The third kappa shape index (κ3) is 1.46. The van der Waals surface area contributed by atoms with Crippen molar-refractivity contribution in [2.24, 2.45) is 0 Å². The van der Waals surface area contributed by atoms with Gasteiger partial charge in [0.15, 0.2) is 11.5 Å². The van der Waals surface area contributed by atoms with Crippen LogP contribution >= 0.6 is 0 Å². The smallest absolute Gasteiger partial charge is 0.348 e. The fraction of sp³-hybridized carbons (Fsp3) is 0. The fourth-order valence-corrected chi connectivity index (χ4v) is 2.78. The number of hydrogen-bond acceptors (Lipinski definition) is 8. The Morgan fingerprint density at radius 1 is 0.824 bits per heavy atom. The third-order valence-electron chi connectivity index (χ3n) is 1.86. The Morgan fingerprint density at radius 3 is 1.65 bits per heavy atom. The van der Waals surface area contributed by atoms with E-state index in [4.69, 9.17) is 0 Å². The van der Waals surface area contributed by atoms with Gasteiger partial charge >= 0.3 is 20.8 Å². The van der Waals surface area contributed by atoms with Crippen molar-refractivity contribution in [3.05, 3.63) is 11.9 Å². The second-order valence-corrected chi connectivity index (χ2v) is 5.29. The molecule has 2 aliphatic rings. The first-order valence-electron chi connectivity index (χ1n) is 3.92. The standard InChI is InChI=1S/C6HFO8S2/c7-4-5-2(12-16(8,9)14-5)1-3-6(4)15-17(10,11)13-3/h1H. The van der Waals surface area contributed by atoms with Crippen molar-refractivity contribution in [1.82, 2.24) is 0 Å². The zero-order valence-corrected chi connectivity index (χ0v) is 9.17. The quantitative estimate of drug-likeness (QED) is 0.648. The molecule has 0 aliphatic carbocycles. The summed E-state index contributed by atoms with van der Waals surface area (Å²) in [5.74, 6) is -3.91. The van der Waals surface area contributed by atoms with Crippen LogP contribution in [0, 0.1) is 5.82 Å². The average molecular weight is 284 g/mol. The predicted octanol–water partition coefficient (Wildman–Crippen LogP) is -0.142. The number of rotatable bonds is 0. The lowest BCUT2D eigenvalue weighted by atomic mass is 10.2. The van der Waals surface area contributed by atoms with E-state index < -0.39 is 49.6 Å². The molecule has 0 atom stereocenters. The van der Waals surface area contributed by atoms with Crippen LogP contribution in [-0.4, -0.2) is 16.8 Å². The molecule has 0 saturated carbocycles. The highest BCUT2D eigenvalue weighted by molar-refractivity contribution is 7.83. The van der Waals surface area contributed by atoms with Crippen molar-refractivity contribution in [1.29, 1.82) is 0 Å². The number of halogens is 1. The molecule has 11 heteroatoms. The van der Waals surface area contributed by atoms with E-state index in [1.807, 2.05) is 0 Å². The summed E-state index contributed by atoms with van der Waals surface area (Å²) in [5, 5.41) is 0. The molecule has 0 amide bonds. The molecule has 0 fully saturated rings. The Hall–Kier alpha value is -1.75. The molecule has 8 nitrogen and oxygen atoms in total. The van der Waals surface area contributed by atoms with Gasteiger partial charge in [0.1, 0.15) is 0 Å². The van der Waals surface area contributed by atoms with E-state index in [2.05, 4.69) is 16.7 Å². The molecular weight excluding hydrogens is 283 g/mol.